The molecular formula is C21H18N4O3S2. The summed E-state index contributed by atoms with van der Waals surface area (Å²) in [6.07, 6.45) is 1.67. The molecule has 0 bridgehead atoms. The number of anilines is 1. The van der Waals surface area contributed by atoms with E-state index in [1.54, 1.807) is 11.1 Å². The van der Waals surface area contributed by atoms with Crippen LogP contribution < -0.4 is 4.90 Å². The van der Waals surface area contributed by atoms with E-state index in [1.807, 2.05) is 36.4 Å². The predicted molar refractivity (Wildman–Crippen MR) is 119 cm³/mol. The van der Waals surface area contributed by atoms with Crippen LogP contribution in [0.3, 0.4) is 0 Å². The number of fused-ring (bicyclic) bond motifs is 1. The molecule has 9 heteroatoms. The minimum absolute atomic E-state index is 0.0671. The standard InChI is InChI=1S/C21H18N4O3S2/c1-13(2)15-7-5-8-16-19(15)23-21(30-16)24(12-14-6-3-4-11-22-14)20(26)17-9-10-18(29-17)25(27)28/h3-11,13H,12H2,1-2H3. The predicted octanol–water partition coefficient (Wildman–Crippen LogP) is 5.63. The lowest BCUT2D eigenvalue weighted by Gasteiger charge is -2.18. The Kier molecular flexibility index (Phi) is 5.56. The van der Waals surface area contributed by atoms with E-state index in [1.165, 1.54) is 23.5 Å². The Balaban J connectivity index is 1.78. The molecule has 0 atom stereocenters. The lowest BCUT2D eigenvalue weighted by molar-refractivity contribution is -0.380. The second-order valence-electron chi connectivity index (χ2n) is 6.95. The summed E-state index contributed by atoms with van der Waals surface area (Å²) in [5.41, 5.74) is 2.70. The zero-order chi connectivity index (χ0) is 21.3. The maximum absolute atomic E-state index is 13.3. The third-order valence-corrected chi connectivity index (χ3v) is 6.63. The first-order chi connectivity index (χ1) is 14.4. The molecule has 7 nitrogen and oxygen atoms in total. The number of para-hydroxylation sites is 1. The summed E-state index contributed by atoms with van der Waals surface area (Å²) in [5, 5.41) is 11.5. The summed E-state index contributed by atoms with van der Waals surface area (Å²) < 4.78 is 0.993. The number of carbonyl (C=O) groups excluding carboxylic acids is 1. The second kappa shape index (κ2) is 8.29. The van der Waals surface area contributed by atoms with Gasteiger partial charge in [0.1, 0.15) is 0 Å². The summed E-state index contributed by atoms with van der Waals surface area (Å²) in [7, 11) is 0. The highest BCUT2D eigenvalue weighted by Crippen LogP contribution is 2.35. The van der Waals surface area contributed by atoms with E-state index in [2.05, 4.69) is 18.8 Å². The van der Waals surface area contributed by atoms with Gasteiger partial charge in [-0.3, -0.25) is 24.8 Å². The summed E-state index contributed by atoms with van der Waals surface area (Å²) in [4.78, 5) is 34.9. The molecule has 0 aliphatic carbocycles. The van der Waals surface area contributed by atoms with Crippen LogP contribution in [0.15, 0.2) is 54.7 Å². The number of amides is 1. The van der Waals surface area contributed by atoms with Crippen molar-refractivity contribution < 1.29 is 9.72 Å². The Bertz CT molecular complexity index is 1220. The van der Waals surface area contributed by atoms with Crippen LogP contribution in [0.2, 0.25) is 0 Å². The van der Waals surface area contributed by atoms with Crippen molar-refractivity contribution >= 4 is 48.9 Å². The molecule has 0 fully saturated rings. The number of hydrogen-bond acceptors (Lipinski definition) is 7. The van der Waals surface area contributed by atoms with Gasteiger partial charge in [-0.15, -0.1) is 0 Å². The minimum atomic E-state index is -0.489. The lowest BCUT2D eigenvalue weighted by Crippen LogP contribution is -2.30. The molecule has 1 aromatic carbocycles. The number of pyridine rings is 1. The summed E-state index contributed by atoms with van der Waals surface area (Å²) in [6, 6.07) is 14.4. The third-order valence-electron chi connectivity index (χ3n) is 4.57. The maximum atomic E-state index is 13.3. The fourth-order valence-corrected chi connectivity index (χ4v) is 4.86. The Morgan fingerprint density at radius 2 is 1.97 bits per heavy atom. The molecule has 0 N–H and O–H groups in total. The van der Waals surface area contributed by atoms with Gasteiger partial charge in [0, 0.05) is 12.3 Å². The quantitative estimate of drug-likeness (QED) is 0.287. The van der Waals surface area contributed by atoms with Crippen LogP contribution in [0.25, 0.3) is 10.2 Å². The highest BCUT2D eigenvalue weighted by atomic mass is 32.1. The average Bonchev–Trinajstić information content (AvgIpc) is 3.39. The molecule has 30 heavy (non-hydrogen) atoms. The van der Waals surface area contributed by atoms with Crippen molar-refractivity contribution in [2.24, 2.45) is 0 Å². The molecule has 1 amide bonds. The van der Waals surface area contributed by atoms with Crippen LogP contribution in [0.5, 0.6) is 0 Å². The fourth-order valence-electron chi connectivity index (χ4n) is 3.09. The Morgan fingerprint density at radius 1 is 1.13 bits per heavy atom. The number of hydrogen-bond donors (Lipinski definition) is 0. The van der Waals surface area contributed by atoms with Crippen LogP contribution in [0.4, 0.5) is 10.1 Å². The minimum Gasteiger partial charge on any atom is -0.277 e. The van der Waals surface area contributed by atoms with Crippen LogP contribution in [0, 0.1) is 10.1 Å². The van der Waals surface area contributed by atoms with Crippen molar-refractivity contribution in [3.8, 4) is 0 Å². The summed E-state index contributed by atoms with van der Waals surface area (Å²) in [5.74, 6) is -0.0348. The lowest BCUT2D eigenvalue weighted by atomic mass is 10.0. The monoisotopic (exact) mass is 438 g/mol. The van der Waals surface area contributed by atoms with Gasteiger partial charge in [-0.05, 0) is 35.7 Å². The summed E-state index contributed by atoms with van der Waals surface area (Å²) in [6.45, 7) is 4.44. The Hall–Kier alpha value is -3.17. The van der Waals surface area contributed by atoms with Gasteiger partial charge in [0.2, 0.25) is 0 Å². The van der Waals surface area contributed by atoms with Gasteiger partial charge in [0.25, 0.3) is 5.91 Å². The smallest absolute Gasteiger partial charge is 0.277 e. The van der Waals surface area contributed by atoms with Gasteiger partial charge in [-0.25, -0.2) is 4.98 Å². The van der Waals surface area contributed by atoms with E-state index >= 15 is 0 Å². The molecular weight excluding hydrogens is 420 g/mol. The van der Waals surface area contributed by atoms with Crippen LogP contribution >= 0.6 is 22.7 Å². The number of aromatic nitrogens is 2. The number of thiophene rings is 1. The van der Waals surface area contributed by atoms with E-state index in [0.717, 1.165) is 27.1 Å². The van der Waals surface area contributed by atoms with Crippen molar-refractivity contribution in [3.05, 3.63) is 81.0 Å². The molecule has 0 unspecified atom stereocenters. The maximum Gasteiger partial charge on any atom is 0.324 e. The number of nitro groups is 1. The zero-order valence-corrected chi connectivity index (χ0v) is 17.9. The molecule has 0 saturated heterocycles. The zero-order valence-electron chi connectivity index (χ0n) is 16.3. The van der Waals surface area contributed by atoms with Crippen LogP contribution in [-0.2, 0) is 6.54 Å². The number of rotatable bonds is 6. The van der Waals surface area contributed by atoms with Gasteiger partial charge < -0.3 is 0 Å². The molecule has 4 aromatic rings. The highest BCUT2D eigenvalue weighted by molar-refractivity contribution is 7.22. The van der Waals surface area contributed by atoms with Gasteiger partial charge in [0.05, 0.1) is 32.3 Å². The highest BCUT2D eigenvalue weighted by Gasteiger charge is 2.26. The van der Waals surface area contributed by atoms with E-state index in [-0.39, 0.29) is 17.5 Å². The van der Waals surface area contributed by atoms with Crippen molar-refractivity contribution in [1.82, 2.24) is 9.97 Å². The van der Waals surface area contributed by atoms with Gasteiger partial charge in [0.15, 0.2) is 5.13 Å². The topological polar surface area (TPSA) is 89.2 Å². The van der Waals surface area contributed by atoms with Crippen LogP contribution in [0.1, 0.15) is 40.7 Å². The average molecular weight is 439 g/mol. The SMILES string of the molecule is CC(C)c1cccc2sc(N(Cc3ccccn3)C(=O)c3ccc([N+](=O)[O-])s3)nc12. The molecule has 0 spiro atoms. The van der Waals surface area contributed by atoms with Gasteiger partial charge in [-0.1, -0.05) is 54.7 Å². The number of nitrogens with zero attached hydrogens (tertiary/aromatic N) is 4. The number of thiazole rings is 1. The van der Waals surface area contributed by atoms with E-state index in [4.69, 9.17) is 4.98 Å². The number of benzene rings is 1. The molecule has 4 rings (SSSR count). The molecule has 3 aromatic heterocycles. The number of carbonyl (C=O) groups is 1. The van der Waals surface area contributed by atoms with Crippen molar-refractivity contribution in [2.75, 3.05) is 4.90 Å². The molecule has 152 valence electrons. The van der Waals surface area contributed by atoms with Crippen molar-refractivity contribution in [2.45, 2.75) is 26.3 Å². The molecule has 3 heterocycles. The van der Waals surface area contributed by atoms with Gasteiger partial charge in [-0.2, -0.15) is 0 Å². The van der Waals surface area contributed by atoms with Crippen molar-refractivity contribution in [1.29, 1.82) is 0 Å². The molecule has 0 saturated carbocycles. The largest absolute Gasteiger partial charge is 0.324 e. The second-order valence-corrected chi connectivity index (χ2v) is 9.02. The third kappa shape index (κ3) is 3.94. The van der Waals surface area contributed by atoms with E-state index in [0.29, 0.717) is 21.6 Å². The Morgan fingerprint density at radius 3 is 2.63 bits per heavy atom. The molecule has 0 radical (unpaired) electrons. The first-order valence-electron chi connectivity index (χ1n) is 9.29. The first kappa shape index (κ1) is 20.1. The first-order valence-corrected chi connectivity index (χ1v) is 10.9. The molecule has 0 aliphatic heterocycles. The fraction of sp³-hybridized carbons (Fsp3) is 0.190. The van der Waals surface area contributed by atoms with Gasteiger partial charge >= 0.3 is 5.00 Å². The van der Waals surface area contributed by atoms with Crippen molar-refractivity contribution in [3.63, 3.8) is 0 Å². The molecule has 0 aliphatic rings. The van der Waals surface area contributed by atoms with Crippen LogP contribution in [-0.4, -0.2) is 20.8 Å². The van der Waals surface area contributed by atoms with E-state index < -0.39 is 4.92 Å². The normalized spacial score (nSPS) is 11.2. The summed E-state index contributed by atoms with van der Waals surface area (Å²) >= 11 is 2.29. The van der Waals surface area contributed by atoms with E-state index in [9.17, 15) is 14.9 Å². The Labute approximate surface area is 180 Å².